The van der Waals surface area contributed by atoms with E-state index in [2.05, 4.69) is 5.11 Å². The zero-order chi connectivity index (χ0) is 5.70. The molecule has 0 fully saturated rings. The van der Waals surface area contributed by atoms with Crippen LogP contribution in [0, 0.1) is 5.53 Å². The van der Waals surface area contributed by atoms with E-state index in [0.29, 0.717) is 0 Å². The third kappa shape index (κ3) is 5.67. The fourth-order valence-electron chi connectivity index (χ4n) is 0.0850. The van der Waals surface area contributed by atoms with Crippen LogP contribution in [0.1, 0.15) is 0 Å². The van der Waals surface area contributed by atoms with Gasteiger partial charge in [0.15, 0.2) is 0 Å². The van der Waals surface area contributed by atoms with Gasteiger partial charge in [0.2, 0.25) is 0 Å². The number of rotatable bonds is 3. The van der Waals surface area contributed by atoms with Crippen molar-refractivity contribution in [1.29, 1.82) is 5.53 Å². The summed E-state index contributed by atoms with van der Waals surface area (Å²) in [5, 5.41) is 2.72. The molecule has 1 atom stereocenters. The molecule has 0 saturated heterocycles. The summed E-state index contributed by atoms with van der Waals surface area (Å²) in [4.78, 5) is 0. The Morgan fingerprint density at radius 2 is 2.57 bits per heavy atom. The Kier molecular flexibility index (Phi) is 3.67. The van der Waals surface area contributed by atoms with Crippen LogP contribution in [0.5, 0.6) is 0 Å². The predicted molar refractivity (Wildman–Crippen MR) is 22.1 cm³/mol. The molecule has 5 nitrogen and oxygen atoms in total. The van der Waals surface area contributed by atoms with Crippen molar-refractivity contribution in [3.8, 4) is 0 Å². The zero-order valence-electron chi connectivity index (χ0n) is 3.38. The van der Waals surface area contributed by atoms with Crippen LogP contribution in [-0.4, -0.2) is 15.4 Å². The summed E-state index contributed by atoms with van der Waals surface area (Å²) in [5.41, 5.74) is 6.09. The lowest BCUT2D eigenvalue weighted by atomic mass is 11.3. The lowest BCUT2D eigenvalue weighted by Gasteiger charge is -2.00. The molecule has 0 spiro atoms. The standard InChI is InChI=1S/CH5N3O2S/c2-3-1-4-7(5)6/h2,4H,1H2,(H,5,6)/p-1. The van der Waals surface area contributed by atoms with Crippen LogP contribution in [0.15, 0.2) is 5.11 Å². The fourth-order valence-corrected chi connectivity index (χ4v) is 0.255. The van der Waals surface area contributed by atoms with Gasteiger partial charge in [-0.15, -0.1) is 0 Å². The molecule has 7 heavy (non-hydrogen) atoms. The number of nitrogens with one attached hydrogen (secondary N) is 2. The molecule has 0 rings (SSSR count). The molecule has 0 aliphatic rings. The van der Waals surface area contributed by atoms with Gasteiger partial charge in [0.05, 0.1) is 0 Å². The monoisotopic (exact) mass is 122 g/mol. The van der Waals surface area contributed by atoms with Gasteiger partial charge in [0.1, 0.15) is 6.67 Å². The van der Waals surface area contributed by atoms with Gasteiger partial charge >= 0.3 is 0 Å². The first-order valence-electron chi connectivity index (χ1n) is 1.43. The van der Waals surface area contributed by atoms with Crippen molar-refractivity contribution < 1.29 is 8.76 Å². The third-order valence-electron chi connectivity index (χ3n) is 0.261. The Balaban J connectivity index is 2.97. The first-order chi connectivity index (χ1) is 3.27. The van der Waals surface area contributed by atoms with E-state index in [1.807, 2.05) is 4.72 Å². The van der Waals surface area contributed by atoms with Gasteiger partial charge in [-0.05, 0) is 0 Å². The van der Waals surface area contributed by atoms with E-state index < -0.39 is 11.3 Å². The highest BCUT2D eigenvalue weighted by Gasteiger charge is 1.73. The third-order valence-corrected chi connectivity index (χ3v) is 0.626. The summed E-state index contributed by atoms with van der Waals surface area (Å²) in [6.07, 6.45) is 0. The molecule has 0 heterocycles. The average Bonchev–Trinajstić information content (AvgIpc) is 1.61. The average molecular weight is 122 g/mol. The molecule has 0 aliphatic heterocycles. The molecule has 0 aromatic heterocycles. The van der Waals surface area contributed by atoms with Crippen LogP contribution in [0.25, 0.3) is 0 Å². The fraction of sp³-hybridized carbons (Fsp3) is 1.00. The summed E-state index contributed by atoms with van der Waals surface area (Å²) in [5.74, 6) is 0. The van der Waals surface area contributed by atoms with Gasteiger partial charge in [-0.1, -0.05) is 0 Å². The van der Waals surface area contributed by atoms with Crippen molar-refractivity contribution in [3.05, 3.63) is 0 Å². The Morgan fingerprint density at radius 3 is 2.71 bits per heavy atom. The van der Waals surface area contributed by atoms with E-state index in [4.69, 9.17) is 5.53 Å². The van der Waals surface area contributed by atoms with Gasteiger partial charge in [-0.3, -0.25) is 4.21 Å². The van der Waals surface area contributed by atoms with Crippen molar-refractivity contribution in [1.82, 2.24) is 4.72 Å². The molecule has 1 unspecified atom stereocenters. The zero-order valence-corrected chi connectivity index (χ0v) is 4.20. The van der Waals surface area contributed by atoms with Crippen molar-refractivity contribution in [2.75, 3.05) is 6.67 Å². The molecule has 0 radical (unpaired) electrons. The molecular weight excluding hydrogens is 118 g/mol. The molecule has 0 amide bonds. The molecule has 0 saturated carbocycles. The van der Waals surface area contributed by atoms with E-state index in [-0.39, 0.29) is 6.67 Å². The lowest BCUT2D eigenvalue weighted by molar-refractivity contribution is 0.522. The topological polar surface area (TPSA) is 88.4 Å². The molecule has 0 aromatic rings. The van der Waals surface area contributed by atoms with E-state index in [1.165, 1.54) is 0 Å². The number of hydrogen-bond donors (Lipinski definition) is 2. The lowest BCUT2D eigenvalue weighted by Crippen LogP contribution is -2.15. The molecule has 2 N–H and O–H groups in total. The Hall–Kier alpha value is -0.330. The quantitative estimate of drug-likeness (QED) is 0.385. The largest absolute Gasteiger partial charge is 0.760 e. The second kappa shape index (κ2) is 3.85. The maximum Gasteiger partial charge on any atom is 0.119 e. The first-order valence-corrected chi connectivity index (χ1v) is 2.51. The predicted octanol–water partition coefficient (Wildman–Crippen LogP) is -0.641. The van der Waals surface area contributed by atoms with Crippen LogP contribution in [0.4, 0.5) is 0 Å². The maximum atomic E-state index is 9.50. The number of hydrogen-bond acceptors (Lipinski definition) is 4. The highest BCUT2D eigenvalue weighted by atomic mass is 32.2. The van der Waals surface area contributed by atoms with Crippen LogP contribution >= 0.6 is 0 Å². The minimum absolute atomic E-state index is 0.171. The normalized spacial score (nSPS) is 13.3. The first kappa shape index (κ1) is 6.67. The van der Waals surface area contributed by atoms with E-state index in [9.17, 15) is 8.76 Å². The van der Waals surface area contributed by atoms with Gasteiger partial charge in [-0.25, -0.2) is 10.3 Å². The Morgan fingerprint density at radius 1 is 2.00 bits per heavy atom. The maximum absolute atomic E-state index is 9.50. The van der Waals surface area contributed by atoms with E-state index >= 15 is 0 Å². The number of nitrogens with zero attached hydrogens (tertiary/aromatic N) is 1. The second-order valence-electron chi connectivity index (χ2n) is 0.695. The summed E-state index contributed by atoms with van der Waals surface area (Å²) >= 11 is -2.28. The Bertz CT molecular complexity index is 83.0. The van der Waals surface area contributed by atoms with Crippen LogP contribution in [0.2, 0.25) is 0 Å². The van der Waals surface area contributed by atoms with Gasteiger partial charge in [0, 0.05) is 11.3 Å². The summed E-state index contributed by atoms with van der Waals surface area (Å²) in [6.45, 7) is -0.171. The van der Waals surface area contributed by atoms with Crippen molar-refractivity contribution in [2.24, 2.45) is 5.11 Å². The van der Waals surface area contributed by atoms with Crippen LogP contribution in [0.3, 0.4) is 0 Å². The SMILES string of the molecule is N=NCNS(=O)[O-]. The van der Waals surface area contributed by atoms with Crippen LogP contribution < -0.4 is 4.72 Å². The summed E-state index contributed by atoms with van der Waals surface area (Å²) in [7, 11) is 0. The minimum Gasteiger partial charge on any atom is -0.760 e. The second-order valence-corrected chi connectivity index (χ2v) is 1.45. The van der Waals surface area contributed by atoms with Gasteiger partial charge in [0.25, 0.3) is 0 Å². The smallest absolute Gasteiger partial charge is 0.119 e. The molecule has 42 valence electrons. The molecular formula is CH4N3O2S-. The van der Waals surface area contributed by atoms with Gasteiger partial charge < -0.3 is 4.55 Å². The van der Waals surface area contributed by atoms with E-state index in [0.717, 1.165) is 0 Å². The highest BCUT2D eigenvalue weighted by molar-refractivity contribution is 7.77. The van der Waals surface area contributed by atoms with Crippen molar-refractivity contribution >= 4 is 11.3 Å². The summed E-state index contributed by atoms with van der Waals surface area (Å²) in [6, 6.07) is 0. The molecule has 6 heteroatoms. The van der Waals surface area contributed by atoms with Gasteiger partial charge in [-0.2, -0.15) is 5.11 Å². The minimum atomic E-state index is -2.28. The summed E-state index contributed by atoms with van der Waals surface area (Å²) < 4.78 is 20.9. The molecule has 0 aliphatic carbocycles. The van der Waals surface area contributed by atoms with Crippen molar-refractivity contribution in [2.45, 2.75) is 0 Å². The van der Waals surface area contributed by atoms with E-state index in [1.54, 1.807) is 0 Å². The van der Waals surface area contributed by atoms with Crippen molar-refractivity contribution in [3.63, 3.8) is 0 Å². The molecule has 0 bridgehead atoms. The highest BCUT2D eigenvalue weighted by Crippen LogP contribution is 1.61. The molecule has 0 aromatic carbocycles. The Labute approximate surface area is 43.0 Å². The van der Waals surface area contributed by atoms with Crippen LogP contribution in [-0.2, 0) is 11.3 Å².